The van der Waals surface area contributed by atoms with Crippen molar-refractivity contribution in [2.45, 2.75) is 35.9 Å². The monoisotopic (exact) mass is 520 g/mol. The third-order valence-corrected chi connectivity index (χ3v) is 9.34. The first kappa shape index (κ1) is 24.3. The Bertz CT molecular complexity index is 1170. The standard InChI is InChI=1S/C25H23F3N2O3S2/c26-25(27,28)19-3-1-2-17(12-19)14-30-23(33)21(35-24(30)15-34-24)13-16-4-6-18(7-5-16)22(32)29-10-8-20(31)9-11-29/h1-7,12-13,20,31H,8-11,14-15H2/b21-13-. The molecule has 2 amide bonds. The number of alkyl halides is 3. The van der Waals surface area contributed by atoms with Gasteiger partial charge in [0.05, 0.1) is 16.6 Å². The maximum Gasteiger partial charge on any atom is 0.416 e. The summed E-state index contributed by atoms with van der Waals surface area (Å²) in [5.74, 6) is 0.435. The van der Waals surface area contributed by atoms with E-state index in [2.05, 4.69) is 0 Å². The van der Waals surface area contributed by atoms with Gasteiger partial charge in [-0.15, -0.1) is 11.8 Å². The number of carbonyl (C=O) groups is 2. The molecular weight excluding hydrogens is 497 g/mol. The molecular formula is C25H23F3N2O3S2. The number of halogens is 3. The number of benzene rings is 2. The van der Waals surface area contributed by atoms with E-state index >= 15 is 0 Å². The summed E-state index contributed by atoms with van der Waals surface area (Å²) < 4.78 is 38.8. The topological polar surface area (TPSA) is 60.9 Å². The molecule has 0 radical (unpaired) electrons. The highest BCUT2D eigenvalue weighted by molar-refractivity contribution is 8.27. The van der Waals surface area contributed by atoms with Gasteiger partial charge in [-0.1, -0.05) is 36.0 Å². The number of hydrogen-bond donors (Lipinski definition) is 1. The van der Waals surface area contributed by atoms with E-state index in [1.807, 2.05) is 0 Å². The fraction of sp³-hybridized carbons (Fsp3) is 0.360. The van der Waals surface area contributed by atoms with Gasteiger partial charge in [0.2, 0.25) is 0 Å². The highest BCUT2D eigenvalue weighted by atomic mass is 32.2. The summed E-state index contributed by atoms with van der Waals surface area (Å²) in [6, 6.07) is 12.1. The Morgan fingerprint density at radius 2 is 1.83 bits per heavy atom. The second-order valence-electron chi connectivity index (χ2n) is 8.85. The van der Waals surface area contributed by atoms with E-state index in [-0.39, 0.29) is 24.5 Å². The number of likely N-dealkylation sites (tertiary alicyclic amines) is 1. The predicted molar refractivity (Wildman–Crippen MR) is 130 cm³/mol. The van der Waals surface area contributed by atoms with Crippen LogP contribution in [0.2, 0.25) is 0 Å². The van der Waals surface area contributed by atoms with Gasteiger partial charge < -0.3 is 14.9 Å². The van der Waals surface area contributed by atoms with E-state index in [4.69, 9.17) is 0 Å². The van der Waals surface area contributed by atoms with Crippen LogP contribution in [0.15, 0.2) is 53.4 Å². The largest absolute Gasteiger partial charge is 0.416 e. The third kappa shape index (κ3) is 5.10. The normalized spacial score (nSPS) is 24.0. The molecule has 3 fully saturated rings. The fourth-order valence-electron chi connectivity index (χ4n) is 4.27. The van der Waals surface area contributed by atoms with E-state index in [0.717, 1.165) is 23.4 Å². The molecule has 1 atom stereocenters. The molecule has 0 bridgehead atoms. The molecule has 2 aromatic rings. The lowest BCUT2D eigenvalue weighted by atomic mass is 10.1. The number of nitrogens with zero attached hydrogens (tertiary/aromatic N) is 2. The van der Waals surface area contributed by atoms with Gasteiger partial charge in [-0.3, -0.25) is 9.59 Å². The zero-order chi connectivity index (χ0) is 24.8. The van der Waals surface area contributed by atoms with Gasteiger partial charge in [0, 0.05) is 31.0 Å². The molecule has 0 aromatic heterocycles. The average molecular weight is 521 g/mol. The molecule has 3 aliphatic rings. The zero-order valence-electron chi connectivity index (χ0n) is 18.6. The molecule has 35 heavy (non-hydrogen) atoms. The SMILES string of the molecule is O=C(c1ccc(/C=C2\SC3(CS3)N(Cc3cccc(C(F)(F)F)c3)C2=O)cc1)N1CCC(O)CC1. The van der Waals surface area contributed by atoms with Gasteiger partial charge in [-0.2, -0.15) is 13.2 Å². The number of hydrogen-bond acceptors (Lipinski definition) is 5. The second-order valence-corrected chi connectivity index (χ2v) is 11.7. The number of amides is 2. The maximum absolute atomic E-state index is 13.2. The Balaban J connectivity index is 1.30. The number of aliphatic hydroxyl groups excluding tert-OH is 1. The van der Waals surface area contributed by atoms with Crippen molar-refractivity contribution >= 4 is 41.4 Å². The van der Waals surface area contributed by atoms with Gasteiger partial charge in [0.15, 0.2) is 0 Å². The predicted octanol–water partition coefficient (Wildman–Crippen LogP) is 4.82. The Morgan fingerprint density at radius 3 is 2.46 bits per heavy atom. The number of aliphatic hydroxyl groups is 1. The number of piperidine rings is 1. The Labute approximate surface area is 209 Å². The second kappa shape index (κ2) is 9.22. The van der Waals surface area contributed by atoms with Crippen LogP contribution in [0.5, 0.6) is 0 Å². The van der Waals surface area contributed by atoms with Crippen LogP contribution in [-0.4, -0.2) is 55.9 Å². The molecule has 5 rings (SSSR count). The van der Waals surface area contributed by atoms with E-state index in [9.17, 15) is 27.9 Å². The number of rotatable bonds is 4. The van der Waals surface area contributed by atoms with Gasteiger partial charge in [0.25, 0.3) is 11.8 Å². The van der Waals surface area contributed by atoms with Gasteiger partial charge >= 0.3 is 6.18 Å². The van der Waals surface area contributed by atoms with Crippen LogP contribution in [0.1, 0.15) is 39.9 Å². The van der Waals surface area contributed by atoms with Crippen molar-refractivity contribution in [2.75, 3.05) is 18.8 Å². The molecule has 5 nitrogen and oxygen atoms in total. The highest BCUT2D eigenvalue weighted by Crippen LogP contribution is 2.63. The van der Waals surface area contributed by atoms with Crippen molar-refractivity contribution in [3.8, 4) is 0 Å². The minimum atomic E-state index is -4.43. The minimum absolute atomic E-state index is 0.0805. The molecule has 10 heteroatoms. The summed E-state index contributed by atoms with van der Waals surface area (Å²) in [5.41, 5.74) is 1.04. The molecule has 0 saturated carbocycles. The van der Waals surface area contributed by atoms with Crippen molar-refractivity contribution in [3.05, 3.63) is 75.7 Å². The highest BCUT2D eigenvalue weighted by Gasteiger charge is 2.58. The molecule has 3 aliphatic heterocycles. The van der Waals surface area contributed by atoms with Gasteiger partial charge in [-0.25, -0.2) is 0 Å². The quantitative estimate of drug-likeness (QED) is 0.463. The van der Waals surface area contributed by atoms with Crippen LogP contribution in [0, 0.1) is 0 Å². The van der Waals surface area contributed by atoms with Crippen LogP contribution in [0.4, 0.5) is 13.2 Å². The fourth-order valence-corrected chi connectivity index (χ4v) is 6.77. The van der Waals surface area contributed by atoms with Crippen molar-refractivity contribution in [2.24, 2.45) is 0 Å². The summed E-state index contributed by atoms with van der Waals surface area (Å²) in [6.45, 7) is 1.16. The van der Waals surface area contributed by atoms with Crippen molar-refractivity contribution in [1.82, 2.24) is 9.80 Å². The molecule has 1 unspecified atom stereocenters. The first-order valence-corrected chi connectivity index (χ1v) is 13.0. The third-order valence-electron chi connectivity index (χ3n) is 6.33. The molecule has 1 N–H and O–H groups in total. The van der Waals surface area contributed by atoms with Gasteiger partial charge in [-0.05, 0) is 54.3 Å². The first-order chi connectivity index (χ1) is 16.6. The lowest BCUT2D eigenvalue weighted by Crippen LogP contribution is -2.40. The Kier molecular flexibility index (Phi) is 6.39. The summed E-state index contributed by atoms with van der Waals surface area (Å²) >= 11 is 3.02. The number of thioether (sulfide) groups is 2. The average Bonchev–Trinajstić information content (AvgIpc) is 3.57. The molecule has 1 spiro atoms. The zero-order valence-corrected chi connectivity index (χ0v) is 20.3. The van der Waals surface area contributed by atoms with E-state index in [1.54, 1.807) is 58.0 Å². The molecule has 2 aromatic carbocycles. The van der Waals surface area contributed by atoms with E-state index in [1.165, 1.54) is 17.8 Å². The van der Waals surface area contributed by atoms with Crippen LogP contribution < -0.4 is 0 Å². The first-order valence-electron chi connectivity index (χ1n) is 11.2. The summed E-state index contributed by atoms with van der Waals surface area (Å²) in [6.07, 6.45) is -1.86. The van der Waals surface area contributed by atoms with Crippen LogP contribution in [0.3, 0.4) is 0 Å². The summed E-state index contributed by atoms with van der Waals surface area (Å²) in [4.78, 5) is 29.8. The Morgan fingerprint density at radius 1 is 1.14 bits per heavy atom. The molecule has 0 aliphatic carbocycles. The van der Waals surface area contributed by atoms with Crippen molar-refractivity contribution < 1.29 is 27.9 Å². The van der Waals surface area contributed by atoms with Crippen LogP contribution in [-0.2, 0) is 17.5 Å². The molecule has 3 saturated heterocycles. The molecule has 3 heterocycles. The summed E-state index contributed by atoms with van der Waals surface area (Å²) in [7, 11) is 0. The molecule has 184 valence electrons. The van der Waals surface area contributed by atoms with Gasteiger partial charge in [0.1, 0.15) is 4.20 Å². The minimum Gasteiger partial charge on any atom is -0.393 e. The smallest absolute Gasteiger partial charge is 0.393 e. The van der Waals surface area contributed by atoms with Crippen molar-refractivity contribution in [1.29, 1.82) is 0 Å². The van der Waals surface area contributed by atoms with E-state index in [0.29, 0.717) is 42.0 Å². The van der Waals surface area contributed by atoms with Crippen LogP contribution in [0.25, 0.3) is 6.08 Å². The lowest BCUT2D eigenvalue weighted by molar-refractivity contribution is -0.137. The lowest BCUT2D eigenvalue weighted by Gasteiger charge is -2.29. The maximum atomic E-state index is 13.2. The van der Waals surface area contributed by atoms with Crippen LogP contribution >= 0.6 is 23.5 Å². The summed E-state index contributed by atoms with van der Waals surface area (Å²) in [5, 5.41) is 9.64. The van der Waals surface area contributed by atoms with Crippen molar-refractivity contribution in [3.63, 3.8) is 0 Å². The number of carbonyl (C=O) groups excluding carboxylic acids is 2. The Hall–Kier alpha value is -2.43. The van der Waals surface area contributed by atoms with E-state index < -0.39 is 15.9 Å².